The standard InChI is InChI=1S/C10H17N3O4/c1-6(10(16)17)12-9(15)7-3-2-4-13(7)8(14)5-11/h6-7H,2-5,11H2,1H3,(H,12,15)(H,16,17)/t6?,7-/m0/s1. The van der Waals surface area contributed by atoms with Crippen molar-refractivity contribution in [1.82, 2.24) is 10.2 Å². The van der Waals surface area contributed by atoms with Crippen molar-refractivity contribution in [2.45, 2.75) is 31.8 Å². The van der Waals surface area contributed by atoms with Crippen LogP contribution in [0.4, 0.5) is 0 Å². The molecule has 1 fully saturated rings. The molecular weight excluding hydrogens is 226 g/mol. The molecule has 0 saturated carbocycles. The fraction of sp³-hybridized carbons (Fsp3) is 0.700. The van der Waals surface area contributed by atoms with Crippen LogP contribution in [0.3, 0.4) is 0 Å². The van der Waals surface area contributed by atoms with Gasteiger partial charge in [-0.2, -0.15) is 0 Å². The molecule has 0 aromatic rings. The first-order valence-electron chi connectivity index (χ1n) is 5.50. The van der Waals surface area contributed by atoms with Crippen molar-refractivity contribution in [3.8, 4) is 0 Å². The van der Waals surface area contributed by atoms with Gasteiger partial charge in [0.2, 0.25) is 11.8 Å². The molecule has 7 heteroatoms. The minimum absolute atomic E-state index is 0.141. The Kier molecular flexibility index (Phi) is 4.45. The second kappa shape index (κ2) is 5.62. The Hall–Kier alpha value is -1.63. The van der Waals surface area contributed by atoms with Gasteiger partial charge in [0.15, 0.2) is 0 Å². The largest absolute Gasteiger partial charge is 0.480 e. The number of amides is 2. The van der Waals surface area contributed by atoms with Crippen molar-refractivity contribution in [2.24, 2.45) is 5.73 Å². The van der Waals surface area contributed by atoms with Crippen LogP contribution in [-0.4, -0.2) is 53.0 Å². The molecule has 0 aliphatic carbocycles. The predicted molar refractivity (Wildman–Crippen MR) is 59.0 cm³/mol. The van der Waals surface area contributed by atoms with Crippen LogP contribution < -0.4 is 11.1 Å². The fourth-order valence-electron chi connectivity index (χ4n) is 1.83. The monoisotopic (exact) mass is 243 g/mol. The minimum atomic E-state index is -1.10. The SMILES string of the molecule is CC(NC(=O)[C@@H]1CCCN1C(=O)CN)C(=O)O. The van der Waals surface area contributed by atoms with Gasteiger partial charge in [-0.05, 0) is 19.8 Å². The zero-order chi connectivity index (χ0) is 13.0. The lowest BCUT2D eigenvalue weighted by atomic mass is 10.2. The topological polar surface area (TPSA) is 113 Å². The molecule has 0 radical (unpaired) electrons. The van der Waals surface area contributed by atoms with E-state index in [-0.39, 0.29) is 12.5 Å². The fourth-order valence-corrected chi connectivity index (χ4v) is 1.83. The van der Waals surface area contributed by atoms with E-state index in [0.29, 0.717) is 13.0 Å². The third-order valence-electron chi connectivity index (χ3n) is 2.78. The summed E-state index contributed by atoms with van der Waals surface area (Å²) in [6, 6.07) is -1.55. The first-order chi connectivity index (χ1) is 7.97. The number of hydrogen-bond acceptors (Lipinski definition) is 4. The lowest BCUT2D eigenvalue weighted by Gasteiger charge is -2.24. The van der Waals surface area contributed by atoms with Crippen molar-refractivity contribution in [3.05, 3.63) is 0 Å². The smallest absolute Gasteiger partial charge is 0.325 e. The van der Waals surface area contributed by atoms with Crippen molar-refractivity contribution in [1.29, 1.82) is 0 Å². The maximum absolute atomic E-state index is 11.8. The number of aliphatic carboxylic acids is 1. The summed E-state index contributed by atoms with van der Waals surface area (Å²) in [6.07, 6.45) is 1.27. The lowest BCUT2D eigenvalue weighted by Crippen LogP contribution is -2.51. The summed E-state index contributed by atoms with van der Waals surface area (Å²) in [5.41, 5.74) is 5.25. The summed E-state index contributed by atoms with van der Waals surface area (Å²) in [5.74, 6) is -1.82. The second-order valence-corrected chi connectivity index (χ2v) is 4.02. The Balaban J connectivity index is 2.62. The molecule has 4 N–H and O–H groups in total. The summed E-state index contributed by atoms with van der Waals surface area (Å²) in [7, 11) is 0. The van der Waals surface area contributed by atoms with Crippen LogP contribution in [0.5, 0.6) is 0 Å². The van der Waals surface area contributed by atoms with E-state index in [2.05, 4.69) is 5.32 Å². The molecule has 0 aromatic heterocycles. The molecule has 2 amide bonds. The first kappa shape index (κ1) is 13.4. The second-order valence-electron chi connectivity index (χ2n) is 4.02. The minimum Gasteiger partial charge on any atom is -0.480 e. The molecule has 96 valence electrons. The van der Waals surface area contributed by atoms with Crippen LogP contribution in [0.25, 0.3) is 0 Å². The van der Waals surface area contributed by atoms with Crippen molar-refractivity contribution < 1.29 is 19.5 Å². The lowest BCUT2D eigenvalue weighted by molar-refractivity contribution is -0.143. The molecule has 17 heavy (non-hydrogen) atoms. The Morgan fingerprint density at radius 1 is 1.53 bits per heavy atom. The summed E-state index contributed by atoms with van der Waals surface area (Å²) < 4.78 is 0. The van der Waals surface area contributed by atoms with Crippen LogP contribution in [0.1, 0.15) is 19.8 Å². The number of likely N-dealkylation sites (tertiary alicyclic amines) is 1. The predicted octanol–water partition coefficient (Wildman–Crippen LogP) is -1.47. The number of nitrogens with one attached hydrogen (secondary N) is 1. The van der Waals surface area contributed by atoms with Crippen molar-refractivity contribution in [2.75, 3.05) is 13.1 Å². The van der Waals surface area contributed by atoms with E-state index in [9.17, 15) is 14.4 Å². The molecule has 1 unspecified atom stereocenters. The molecule has 1 aliphatic rings. The molecule has 1 heterocycles. The van der Waals surface area contributed by atoms with E-state index in [1.54, 1.807) is 0 Å². The van der Waals surface area contributed by atoms with Crippen molar-refractivity contribution >= 4 is 17.8 Å². The van der Waals surface area contributed by atoms with Gasteiger partial charge in [-0.3, -0.25) is 14.4 Å². The highest BCUT2D eigenvalue weighted by molar-refractivity contribution is 5.91. The Morgan fingerprint density at radius 3 is 2.71 bits per heavy atom. The summed E-state index contributed by atoms with van der Waals surface area (Å²) in [5, 5.41) is 11.0. The van der Waals surface area contributed by atoms with E-state index in [0.717, 1.165) is 6.42 Å². The van der Waals surface area contributed by atoms with E-state index >= 15 is 0 Å². The normalized spacial score (nSPS) is 21.1. The van der Waals surface area contributed by atoms with Crippen LogP contribution in [-0.2, 0) is 14.4 Å². The van der Waals surface area contributed by atoms with Gasteiger partial charge in [-0.15, -0.1) is 0 Å². The number of nitrogens with zero attached hydrogens (tertiary/aromatic N) is 1. The van der Waals surface area contributed by atoms with Gasteiger partial charge >= 0.3 is 5.97 Å². The molecule has 1 aliphatic heterocycles. The number of nitrogens with two attached hydrogens (primary N) is 1. The summed E-state index contributed by atoms with van der Waals surface area (Å²) in [4.78, 5) is 35.2. The number of carbonyl (C=O) groups is 3. The molecule has 0 bridgehead atoms. The molecular formula is C10H17N3O4. The zero-order valence-corrected chi connectivity index (χ0v) is 9.68. The summed E-state index contributed by atoms with van der Waals surface area (Å²) in [6.45, 7) is 1.73. The van der Waals surface area contributed by atoms with Gasteiger partial charge in [0, 0.05) is 6.54 Å². The van der Waals surface area contributed by atoms with E-state index in [1.807, 2.05) is 0 Å². The molecule has 0 spiro atoms. The average molecular weight is 243 g/mol. The van der Waals surface area contributed by atoms with Crippen molar-refractivity contribution in [3.63, 3.8) is 0 Å². The van der Waals surface area contributed by atoms with Gasteiger partial charge in [-0.1, -0.05) is 0 Å². The van der Waals surface area contributed by atoms with Crippen LogP contribution in [0.2, 0.25) is 0 Å². The molecule has 2 atom stereocenters. The molecule has 7 nitrogen and oxygen atoms in total. The van der Waals surface area contributed by atoms with E-state index in [4.69, 9.17) is 10.8 Å². The first-order valence-corrected chi connectivity index (χ1v) is 5.50. The number of carbonyl (C=O) groups excluding carboxylic acids is 2. The van der Waals surface area contributed by atoms with Crippen LogP contribution in [0, 0.1) is 0 Å². The van der Waals surface area contributed by atoms with Crippen LogP contribution >= 0.6 is 0 Å². The third-order valence-corrected chi connectivity index (χ3v) is 2.78. The molecule has 1 rings (SSSR count). The van der Waals surface area contributed by atoms with E-state index < -0.39 is 24.0 Å². The average Bonchev–Trinajstić information content (AvgIpc) is 2.76. The Morgan fingerprint density at radius 2 is 2.18 bits per heavy atom. The number of carboxylic acids is 1. The van der Waals surface area contributed by atoms with Gasteiger partial charge in [0.1, 0.15) is 12.1 Å². The highest BCUT2D eigenvalue weighted by Gasteiger charge is 2.34. The Labute approximate surface area is 98.9 Å². The molecule has 0 aromatic carbocycles. The molecule has 1 saturated heterocycles. The van der Waals surface area contributed by atoms with Gasteiger partial charge in [-0.25, -0.2) is 0 Å². The third kappa shape index (κ3) is 3.16. The quantitative estimate of drug-likeness (QED) is 0.557. The Bertz CT molecular complexity index is 332. The number of carboxylic acid groups (broad SMARTS) is 1. The number of hydrogen-bond donors (Lipinski definition) is 3. The highest BCUT2D eigenvalue weighted by Crippen LogP contribution is 2.17. The highest BCUT2D eigenvalue weighted by atomic mass is 16.4. The van der Waals surface area contributed by atoms with E-state index in [1.165, 1.54) is 11.8 Å². The zero-order valence-electron chi connectivity index (χ0n) is 9.68. The maximum Gasteiger partial charge on any atom is 0.325 e. The van der Waals surface area contributed by atoms with Gasteiger partial charge < -0.3 is 21.1 Å². The number of rotatable bonds is 4. The van der Waals surface area contributed by atoms with Crippen LogP contribution in [0.15, 0.2) is 0 Å². The maximum atomic E-state index is 11.8. The van der Waals surface area contributed by atoms with Gasteiger partial charge in [0.25, 0.3) is 0 Å². The van der Waals surface area contributed by atoms with Gasteiger partial charge in [0.05, 0.1) is 6.54 Å². The summed E-state index contributed by atoms with van der Waals surface area (Å²) >= 11 is 0.